The van der Waals surface area contributed by atoms with E-state index in [-0.39, 0.29) is 6.61 Å². The summed E-state index contributed by atoms with van der Waals surface area (Å²) in [4.78, 5) is 0. The molecule has 0 atom stereocenters. The van der Waals surface area contributed by atoms with E-state index in [1.165, 1.54) is 6.08 Å². The van der Waals surface area contributed by atoms with Gasteiger partial charge in [-0.05, 0) is 12.8 Å². The zero-order valence-electron chi connectivity index (χ0n) is 7.68. The Morgan fingerprint density at radius 1 is 1.27 bits per heavy atom. The Morgan fingerprint density at radius 3 is 1.82 bits per heavy atom. The van der Waals surface area contributed by atoms with Crippen molar-refractivity contribution < 1.29 is 9.84 Å². The van der Waals surface area contributed by atoms with Crippen LogP contribution in [0.3, 0.4) is 0 Å². The van der Waals surface area contributed by atoms with E-state index in [0.717, 1.165) is 26.1 Å². The van der Waals surface area contributed by atoms with Crippen molar-refractivity contribution in [3.05, 3.63) is 12.7 Å². The van der Waals surface area contributed by atoms with Crippen molar-refractivity contribution in [3.8, 4) is 0 Å². The van der Waals surface area contributed by atoms with Crippen LogP contribution < -0.4 is 0 Å². The smallest absolute Gasteiger partial charge is 0.0609 e. The van der Waals surface area contributed by atoms with Crippen LogP contribution in [0.25, 0.3) is 0 Å². The minimum Gasteiger partial charge on any atom is -0.392 e. The summed E-state index contributed by atoms with van der Waals surface area (Å²) in [6.45, 7) is 9.40. The minimum absolute atomic E-state index is 0.0833. The molecule has 0 amide bonds. The molecule has 0 rings (SSSR count). The second-order valence-corrected chi connectivity index (χ2v) is 2.08. The molecule has 0 saturated heterocycles. The first-order chi connectivity index (χ1) is 5.33. The first-order valence-corrected chi connectivity index (χ1v) is 4.12. The summed E-state index contributed by atoms with van der Waals surface area (Å²) < 4.78 is 5.13. The second kappa shape index (κ2) is 16.3. The zero-order chi connectivity index (χ0) is 8.95. The van der Waals surface area contributed by atoms with E-state index in [4.69, 9.17) is 9.84 Å². The molecule has 2 nitrogen and oxygen atoms in total. The standard InChI is InChI=1S/C6H14O.C3H6O/c1-3-5-7-6-4-2;1-2-3-4/h3-6H2,1-2H3;2,4H,1,3H2. The van der Waals surface area contributed by atoms with Gasteiger partial charge in [-0.3, -0.25) is 0 Å². The Morgan fingerprint density at radius 2 is 1.64 bits per heavy atom. The monoisotopic (exact) mass is 160 g/mol. The lowest BCUT2D eigenvalue weighted by atomic mass is 10.5. The van der Waals surface area contributed by atoms with Crippen LogP contribution in [0.4, 0.5) is 0 Å². The summed E-state index contributed by atoms with van der Waals surface area (Å²) in [6.07, 6.45) is 3.71. The molecule has 11 heavy (non-hydrogen) atoms. The molecule has 0 heterocycles. The van der Waals surface area contributed by atoms with Crippen LogP contribution >= 0.6 is 0 Å². The van der Waals surface area contributed by atoms with Crippen LogP contribution in [-0.2, 0) is 4.74 Å². The molecule has 0 saturated carbocycles. The molecule has 0 aromatic carbocycles. The number of rotatable bonds is 5. The number of ether oxygens (including phenoxy) is 1. The predicted octanol–water partition coefficient (Wildman–Crippen LogP) is 1.99. The van der Waals surface area contributed by atoms with Gasteiger partial charge in [-0.15, -0.1) is 6.58 Å². The van der Waals surface area contributed by atoms with E-state index in [0.29, 0.717) is 0 Å². The van der Waals surface area contributed by atoms with Gasteiger partial charge in [0.1, 0.15) is 0 Å². The first-order valence-electron chi connectivity index (χ1n) is 4.12. The third-order valence-corrected chi connectivity index (χ3v) is 0.826. The van der Waals surface area contributed by atoms with Crippen LogP contribution in [0, 0.1) is 0 Å². The highest BCUT2D eigenvalue weighted by molar-refractivity contribution is 4.60. The molecule has 0 aliphatic carbocycles. The normalized spacial score (nSPS) is 8.27. The van der Waals surface area contributed by atoms with Crippen molar-refractivity contribution in [2.75, 3.05) is 19.8 Å². The highest BCUT2D eigenvalue weighted by Crippen LogP contribution is 1.81. The minimum atomic E-state index is 0.0833. The van der Waals surface area contributed by atoms with Crippen LogP contribution in [-0.4, -0.2) is 24.9 Å². The highest BCUT2D eigenvalue weighted by atomic mass is 16.5. The fourth-order valence-corrected chi connectivity index (χ4v) is 0.391. The van der Waals surface area contributed by atoms with Crippen LogP contribution in [0.2, 0.25) is 0 Å². The Hall–Kier alpha value is -0.340. The number of aliphatic hydroxyl groups excluding tert-OH is 1. The zero-order valence-corrected chi connectivity index (χ0v) is 7.68. The van der Waals surface area contributed by atoms with E-state index < -0.39 is 0 Å². The van der Waals surface area contributed by atoms with Gasteiger partial charge < -0.3 is 9.84 Å². The van der Waals surface area contributed by atoms with Gasteiger partial charge in [-0.2, -0.15) is 0 Å². The number of aliphatic hydroxyl groups is 1. The maximum atomic E-state index is 7.76. The molecule has 0 unspecified atom stereocenters. The molecule has 68 valence electrons. The summed E-state index contributed by atoms with van der Waals surface area (Å²) in [6, 6.07) is 0. The third kappa shape index (κ3) is 26.1. The Kier molecular flexibility index (Phi) is 19.7. The average Bonchev–Trinajstić information content (AvgIpc) is 2.06. The number of hydrogen-bond donors (Lipinski definition) is 1. The van der Waals surface area contributed by atoms with E-state index in [1.807, 2.05) is 0 Å². The third-order valence-electron chi connectivity index (χ3n) is 0.826. The molecular formula is C9H20O2. The molecule has 0 aromatic heterocycles. The topological polar surface area (TPSA) is 29.5 Å². The average molecular weight is 160 g/mol. The van der Waals surface area contributed by atoms with Gasteiger partial charge in [-0.25, -0.2) is 0 Å². The SMILES string of the molecule is C=CCO.CCCOCCC. The maximum absolute atomic E-state index is 7.76. The predicted molar refractivity (Wildman–Crippen MR) is 48.7 cm³/mol. The lowest BCUT2D eigenvalue weighted by molar-refractivity contribution is 0.135. The lowest BCUT2D eigenvalue weighted by Crippen LogP contribution is -1.92. The quantitative estimate of drug-likeness (QED) is 0.492. The molecular weight excluding hydrogens is 140 g/mol. The van der Waals surface area contributed by atoms with E-state index in [9.17, 15) is 0 Å². The van der Waals surface area contributed by atoms with Gasteiger partial charge in [0.05, 0.1) is 6.61 Å². The van der Waals surface area contributed by atoms with Gasteiger partial charge in [0.2, 0.25) is 0 Å². The molecule has 2 heteroatoms. The molecule has 0 radical (unpaired) electrons. The largest absolute Gasteiger partial charge is 0.392 e. The lowest BCUT2D eigenvalue weighted by Gasteiger charge is -1.95. The van der Waals surface area contributed by atoms with Crippen LogP contribution in [0.5, 0.6) is 0 Å². The fraction of sp³-hybridized carbons (Fsp3) is 0.778. The Bertz CT molecular complexity index is 58.6. The molecule has 0 fully saturated rings. The highest BCUT2D eigenvalue weighted by Gasteiger charge is 1.77. The van der Waals surface area contributed by atoms with Crippen molar-refractivity contribution in [2.45, 2.75) is 26.7 Å². The second-order valence-electron chi connectivity index (χ2n) is 2.08. The van der Waals surface area contributed by atoms with Crippen molar-refractivity contribution in [1.82, 2.24) is 0 Å². The fourth-order valence-electron chi connectivity index (χ4n) is 0.391. The maximum Gasteiger partial charge on any atom is 0.0609 e. The van der Waals surface area contributed by atoms with Crippen LogP contribution in [0.1, 0.15) is 26.7 Å². The van der Waals surface area contributed by atoms with Gasteiger partial charge in [0, 0.05) is 13.2 Å². The van der Waals surface area contributed by atoms with Gasteiger partial charge >= 0.3 is 0 Å². The van der Waals surface area contributed by atoms with Crippen molar-refractivity contribution >= 4 is 0 Å². The molecule has 0 aromatic rings. The Balaban J connectivity index is 0. The summed E-state index contributed by atoms with van der Waals surface area (Å²) in [5, 5.41) is 7.76. The van der Waals surface area contributed by atoms with E-state index in [1.54, 1.807) is 0 Å². The van der Waals surface area contributed by atoms with E-state index >= 15 is 0 Å². The Labute approximate surface area is 69.9 Å². The summed E-state index contributed by atoms with van der Waals surface area (Å²) in [5.41, 5.74) is 0. The molecule has 0 aliphatic rings. The summed E-state index contributed by atoms with van der Waals surface area (Å²) in [5.74, 6) is 0. The molecule has 1 N–H and O–H groups in total. The summed E-state index contributed by atoms with van der Waals surface area (Å²) >= 11 is 0. The van der Waals surface area contributed by atoms with Crippen molar-refractivity contribution in [2.24, 2.45) is 0 Å². The van der Waals surface area contributed by atoms with Crippen molar-refractivity contribution in [3.63, 3.8) is 0 Å². The van der Waals surface area contributed by atoms with Crippen LogP contribution in [0.15, 0.2) is 12.7 Å². The first kappa shape index (κ1) is 13.3. The molecule has 0 aliphatic heterocycles. The van der Waals surface area contributed by atoms with Gasteiger partial charge in [-0.1, -0.05) is 19.9 Å². The van der Waals surface area contributed by atoms with Gasteiger partial charge in [0.25, 0.3) is 0 Å². The van der Waals surface area contributed by atoms with Gasteiger partial charge in [0.15, 0.2) is 0 Å². The van der Waals surface area contributed by atoms with Crippen molar-refractivity contribution in [1.29, 1.82) is 0 Å². The molecule has 0 bridgehead atoms. The summed E-state index contributed by atoms with van der Waals surface area (Å²) in [7, 11) is 0. The molecule has 0 spiro atoms. The number of hydrogen-bond acceptors (Lipinski definition) is 2. The van der Waals surface area contributed by atoms with E-state index in [2.05, 4.69) is 20.4 Å².